The normalized spacial score (nSPS) is 17.7. The number of rotatable bonds is 8. The van der Waals surface area contributed by atoms with Crippen molar-refractivity contribution in [1.82, 2.24) is 9.62 Å². The third-order valence-electron chi connectivity index (χ3n) is 4.44. The molecule has 2 rings (SSSR count). The van der Waals surface area contributed by atoms with Crippen LogP contribution >= 0.6 is 12.4 Å². The largest absolute Gasteiger partial charge is 0.493 e. The number of hydrogen-bond donors (Lipinski definition) is 2. The lowest BCUT2D eigenvalue weighted by Crippen LogP contribution is -2.49. The van der Waals surface area contributed by atoms with Crippen LogP contribution in [0.3, 0.4) is 0 Å². The van der Waals surface area contributed by atoms with E-state index in [-0.39, 0.29) is 48.8 Å². The number of benzene rings is 1. The lowest BCUT2D eigenvalue weighted by Gasteiger charge is -2.34. The maximum atomic E-state index is 13.1. The molecule has 1 heterocycles. The van der Waals surface area contributed by atoms with Crippen molar-refractivity contribution >= 4 is 28.3 Å². The van der Waals surface area contributed by atoms with Crippen LogP contribution in [-0.2, 0) is 14.8 Å². The number of ether oxygens (including phenoxy) is 2. The Bertz CT molecular complexity index is 729. The van der Waals surface area contributed by atoms with Crippen LogP contribution in [0.4, 0.5) is 0 Å². The number of hydrogen-bond acceptors (Lipinski definition) is 6. The summed E-state index contributed by atoms with van der Waals surface area (Å²) in [6.45, 7) is 0.976. The van der Waals surface area contributed by atoms with Gasteiger partial charge in [-0.3, -0.25) is 4.79 Å². The molecule has 1 aliphatic rings. The number of methoxy groups -OCH3 is 2. The first kappa shape index (κ1) is 23.5. The van der Waals surface area contributed by atoms with Gasteiger partial charge in [0.05, 0.1) is 19.1 Å². The maximum Gasteiger partial charge on any atom is 0.243 e. The summed E-state index contributed by atoms with van der Waals surface area (Å²) >= 11 is 0. The fraction of sp³-hybridized carbons (Fsp3) is 0.588. The van der Waals surface area contributed by atoms with Crippen LogP contribution in [0.25, 0.3) is 0 Å². The van der Waals surface area contributed by atoms with Crippen LogP contribution in [0, 0.1) is 0 Å². The number of nitrogens with one attached hydrogen (secondary N) is 1. The quantitative estimate of drug-likeness (QED) is 0.651. The van der Waals surface area contributed by atoms with Gasteiger partial charge in [0.1, 0.15) is 0 Å². The van der Waals surface area contributed by atoms with E-state index < -0.39 is 10.0 Å². The van der Waals surface area contributed by atoms with Crippen LogP contribution in [0.15, 0.2) is 23.1 Å². The van der Waals surface area contributed by atoms with E-state index in [1.165, 1.54) is 30.7 Å². The molecule has 3 N–H and O–H groups in total. The minimum absolute atomic E-state index is 0. The first-order valence-corrected chi connectivity index (χ1v) is 10.1. The molecule has 1 fully saturated rings. The summed E-state index contributed by atoms with van der Waals surface area (Å²) in [5.41, 5.74) is 5.37. The van der Waals surface area contributed by atoms with Gasteiger partial charge in [-0.1, -0.05) is 6.42 Å². The Kier molecular flexibility index (Phi) is 9.31. The summed E-state index contributed by atoms with van der Waals surface area (Å²) in [4.78, 5) is 11.8. The summed E-state index contributed by atoms with van der Waals surface area (Å²) < 4.78 is 38.1. The lowest BCUT2D eigenvalue weighted by atomic mass is 10.1. The fourth-order valence-electron chi connectivity index (χ4n) is 3.06. The third kappa shape index (κ3) is 5.71. The third-order valence-corrected chi connectivity index (χ3v) is 6.39. The zero-order chi connectivity index (χ0) is 19.2. The Balaban J connectivity index is 0.00000364. The van der Waals surface area contributed by atoms with Gasteiger partial charge >= 0.3 is 0 Å². The van der Waals surface area contributed by atoms with Crippen LogP contribution < -0.4 is 20.5 Å². The van der Waals surface area contributed by atoms with Crippen molar-refractivity contribution in [2.75, 3.05) is 33.9 Å². The molecule has 1 saturated heterocycles. The summed E-state index contributed by atoms with van der Waals surface area (Å²) in [7, 11) is -0.747. The van der Waals surface area contributed by atoms with Gasteiger partial charge in [0.2, 0.25) is 15.9 Å². The first-order valence-electron chi connectivity index (χ1n) is 8.64. The highest BCUT2D eigenvalue weighted by Crippen LogP contribution is 2.32. The molecule has 8 nitrogen and oxygen atoms in total. The van der Waals surface area contributed by atoms with Gasteiger partial charge in [-0.15, -0.1) is 12.4 Å². The van der Waals surface area contributed by atoms with Crippen LogP contribution in [-0.4, -0.2) is 58.5 Å². The molecule has 154 valence electrons. The zero-order valence-electron chi connectivity index (χ0n) is 15.6. The zero-order valence-corrected chi connectivity index (χ0v) is 17.3. The fourth-order valence-corrected chi connectivity index (χ4v) is 4.77. The van der Waals surface area contributed by atoms with Gasteiger partial charge in [-0.2, -0.15) is 4.31 Å². The average molecular weight is 422 g/mol. The van der Waals surface area contributed by atoms with Crippen molar-refractivity contribution < 1.29 is 22.7 Å². The van der Waals surface area contributed by atoms with E-state index in [4.69, 9.17) is 15.2 Å². The number of halogens is 1. The number of carbonyl (C=O) groups excluding carboxylic acids is 1. The van der Waals surface area contributed by atoms with Crippen LogP contribution in [0.5, 0.6) is 11.5 Å². The monoisotopic (exact) mass is 421 g/mol. The highest BCUT2D eigenvalue weighted by atomic mass is 35.5. The first-order chi connectivity index (χ1) is 12.4. The number of nitrogens with two attached hydrogens (primary N) is 1. The molecule has 1 aromatic carbocycles. The Morgan fingerprint density at radius 3 is 2.59 bits per heavy atom. The van der Waals surface area contributed by atoms with Gasteiger partial charge in [0, 0.05) is 38.2 Å². The van der Waals surface area contributed by atoms with Crippen LogP contribution in [0.1, 0.15) is 25.7 Å². The smallest absolute Gasteiger partial charge is 0.243 e. The van der Waals surface area contributed by atoms with Crippen molar-refractivity contribution in [3.05, 3.63) is 18.2 Å². The van der Waals surface area contributed by atoms with E-state index in [1.807, 2.05) is 0 Å². The van der Waals surface area contributed by atoms with Crippen molar-refractivity contribution in [3.63, 3.8) is 0 Å². The molecule has 27 heavy (non-hydrogen) atoms. The second-order valence-corrected chi connectivity index (χ2v) is 8.02. The molecule has 1 atom stereocenters. The molecule has 0 spiro atoms. The van der Waals surface area contributed by atoms with Gasteiger partial charge in [-0.25, -0.2) is 8.42 Å². The molecule has 0 aliphatic carbocycles. The van der Waals surface area contributed by atoms with Gasteiger partial charge in [0.25, 0.3) is 0 Å². The number of piperidine rings is 1. The maximum absolute atomic E-state index is 13.1. The highest BCUT2D eigenvalue weighted by Gasteiger charge is 2.34. The molecular formula is C17H28ClN3O5S. The van der Waals surface area contributed by atoms with Gasteiger partial charge in [-0.05, 0) is 25.0 Å². The molecule has 1 unspecified atom stereocenters. The highest BCUT2D eigenvalue weighted by molar-refractivity contribution is 7.89. The summed E-state index contributed by atoms with van der Waals surface area (Å²) in [5.74, 6) is 0.663. The van der Waals surface area contributed by atoms with Crippen molar-refractivity contribution in [2.45, 2.75) is 36.6 Å². The van der Waals surface area contributed by atoms with E-state index in [1.54, 1.807) is 6.07 Å². The Labute approximate surface area is 166 Å². The molecule has 0 aromatic heterocycles. The van der Waals surface area contributed by atoms with E-state index in [0.717, 1.165) is 12.8 Å². The lowest BCUT2D eigenvalue weighted by molar-refractivity contribution is -0.121. The van der Waals surface area contributed by atoms with Gasteiger partial charge < -0.3 is 20.5 Å². The number of amides is 1. The summed E-state index contributed by atoms with van der Waals surface area (Å²) in [6.07, 6.45) is 2.65. The predicted molar refractivity (Wildman–Crippen MR) is 105 cm³/mol. The van der Waals surface area contributed by atoms with E-state index in [9.17, 15) is 13.2 Å². The van der Waals surface area contributed by atoms with Crippen molar-refractivity contribution in [2.24, 2.45) is 5.73 Å². The second kappa shape index (κ2) is 10.7. The number of nitrogens with zero attached hydrogens (tertiary/aromatic N) is 1. The molecule has 10 heteroatoms. The number of carbonyl (C=O) groups is 1. The minimum Gasteiger partial charge on any atom is -0.493 e. The van der Waals surface area contributed by atoms with E-state index >= 15 is 0 Å². The second-order valence-electron chi connectivity index (χ2n) is 6.12. The van der Waals surface area contributed by atoms with E-state index in [0.29, 0.717) is 24.5 Å². The minimum atomic E-state index is -3.71. The van der Waals surface area contributed by atoms with E-state index in [2.05, 4.69) is 5.32 Å². The number of sulfonamides is 1. The topological polar surface area (TPSA) is 111 Å². The standard InChI is InChI=1S/C17H27N3O5S.ClH/c1-24-15-7-6-14(11-16(15)25-2)26(22,23)20-10-4-3-5-13(20)12-19-17(21)8-9-18;/h6-7,11,13H,3-5,8-10,12,18H2,1-2H3,(H,19,21);1H. The molecule has 1 amide bonds. The van der Waals surface area contributed by atoms with Crippen molar-refractivity contribution in [3.8, 4) is 11.5 Å². The summed E-state index contributed by atoms with van der Waals surface area (Å²) in [6, 6.07) is 4.28. The Morgan fingerprint density at radius 1 is 1.26 bits per heavy atom. The Hall–Kier alpha value is -1.55. The molecular weight excluding hydrogens is 394 g/mol. The predicted octanol–water partition coefficient (Wildman–Crippen LogP) is 1.13. The average Bonchev–Trinajstić information content (AvgIpc) is 2.66. The molecule has 0 radical (unpaired) electrons. The van der Waals surface area contributed by atoms with Crippen molar-refractivity contribution in [1.29, 1.82) is 0 Å². The SMILES string of the molecule is COc1ccc(S(=O)(=O)N2CCCCC2CNC(=O)CCN)cc1OC.Cl. The Morgan fingerprint density at radius 2 is 1.96 bits per heavy atom. The molecule has 1 aliphatic heterocycles. The summed E-state index contributed by atoms with van der Waals surface area (Å²) in [5, 5.41) is 2.78. The molecule has 0 saturated carbocycles. The van der Waals surface area contributed by atoms with Crippen LogP contribution in [0.2, 0.25) is 0 Å². The van der Waals surface area contributed by atoms with Gasteiger partial charge in [0.15, 0.2) is 11.5 Å². The molecule has 0 bridgehead atoms. The molecule has 1 aromatic rings.